The lowest BCUT2D eigenvalue weighted by molar-refractivity contribution is -0.134. The molecule has 0 saturated heterocycles. The number of halogens is 1. The lowest BCUT2D eigenvalue weighted by Gasteiger charge is -2.15. The van der Waals surface area contributed by atoms with Gasteiger partial charge in [-0.15, -0.1) is 0 Å². The van der Waals surface area contributed by atoms with Crippen molar-refractivity contribution >= 4 is 29.1 Å². The molecule has 2 N–H and O–H groups in total. The van der Waals surface area contributed by atoms with Crippen LogP contribution >= 0.6 is 11.6 Å². The molecule has 2 aromatic rings. The zero-order valence-electron chi connectivity index (χ0n) is 13.2. The van der Waals surface area contributed by atoms with Gasteiger partial charge in [-0.1, -0.05) is 41.9 Å². The molecule has 0 atom stereocenters. The molecule has 0 aliphatic heterocycles. The van der Waals surface area contributed by atoms with E-state index in [4.69, 9.17) is 11.6 Å². The van der Waals surface area contributed by atoms with Gasteiger partial charge < -0.3 is 10.6 Å². The molecular formula is C19H19ClN2O2. The zero-order chi connectivity index (χ0) is 17.0. The van der Waals surface area contributed by atoms with Gasteiger partial charge in [-0.05, 0) is 49.1 Å². The summed E-state index contributed by atoms with van der Waals surface area (Å²) in [6.45, 7) is 0.486. The van der Waals surface area contributed by atoms with Crippen molar-refractivity contribution in [1.82, 2.24) is 5.32 Å². The van der Waals surface area contributed by atoms with Gasteiger partial charge in [0, 0.05) is 17.3 Å². The molecule has 2 amide bonds. The number of carbonyl (C=O) groups excluding carboxylic acids is 2. The minimum atomic E-state index is -0.913. The van der Waals surface area contributed by atoms with Crippen molar-refractivity contribution in [2.24, 2.45) is 5.41 Å². The monoisotopic (exact) mass is 342 g/mol. The maximum absolute atomic E-state index is 12.4. The van der Waals surface area contributed by atoms with Gasteiger partial charge in [-0.3, -0.25) is 9.59 Å². The molecule has 0 aromatic heterocycles. The highest BCUT2D eigenvalue weighted by Crippen LogP contribution is 2.46. The van der Waals surface area contributed by atoms with E-state index in [1.807, 2.05) is 54.6 Å². The first kappa shape index (κ1) is 16.5. The van der Waals surface area contributed by atoms with Crippen LogP contribution in [-0.2, 0) is 16.0 Å². The Hall–Kier alpha value is -2.33. The van der Waals surface area contributed by atoms with Gasteiger partial charge in [0.2, 0.25) is 11.8 Å². The van der Waals surface area contributed by atoms with Crippen LogP contribution in [0.25, 0.3) is 0 Å². The predicted octanol–water partition coefficient (Wildman–Crippen LogP) is 3.42. The fourth-order valence-electron chi connectivity index (χ4n) is 2.64. The van der Waals surface area contributed by atoms with Crippen molar-refractivity contribution in [1.29, 1.82) is 0 Å². The molecule has 3 rings (SSSR count). The number of carbonyl (C=O) groups is 2. The molecule has 5 heteroatoms. The van der Waals surface area contributed by atoms with Crippen molar-refractivity contribution < 1.29 is 9.59 Å². The van der Waals surface area contributed by atoms with Crippen LogP contribution in [0, 0.1) is 5.41 Å². The molecule has 0 unspecified atom stereocenters. The van der Waals surface area contributed by atoms with Gasteiger partial charge in [0.05, 0.1) is 0 Å². The molecular weight excluding hydrogens is 324 g/mol. The van der Waals surface area contributed by atoms with Gasteiger partial charge in [-0.25, -0.2) is 0 Å². The van der Waals surface area contributed by atoms with E-state index < -0.39 is 5.41 Å². The van der Waals surface area contributed by atoms with Crippen LogP contribution in [0.4, 0.5) is 5.69 Å². The van der Waals surface area contributed by atoms with E-state index in [0.29, 0.717) is 36.5 Å². The Balaban J connectivity index is 1.53. The Morgan fingerprint density at radius 1 is 1.00 bits per heavy atom. The van der Waals surface area contributed by atoms with E-state index in [0.717, 1.165) is 5.56 Å². The highest BCUT2D eigenvalue weighted by Gasteiger charge is 2.56. The summed E-state index contributed by atoms with van der Waals surface area (Å²) in [6, 6.07) is 16.7. The topological polar surface area (TPSA) is 58.2 Å². The molecule has 0 spiro atoms. The van der Waals surface area contributed by atoms with Crippen LogP contribution < -0.4 is 10.6 Å². The van der Waals surface area contributed by atoms with Gasteiger partial charge in [-0.2, -0.15) is 0 Å². The van der Waals surface area contributed by atoms with Gasteiger partial charge >= 0.3 is 0 Å². The molecule has 0 heterocycles. The fourth-order valence-corrected chi connectivity index (χ4v) is 2.85. The first-order valence-electron chi connectivity index (χ1n) is 7.99. The van der Waals surface area contributed by atoms with Crippen molar-refractivity contribution in [3.8, 4) is 0 Å². The minimum absolute atomic E-state index is 0.196. The van der Waals surface area contributed by atoms with Gasteiger partial charge in [0.1, 0.15) is 5.41 Å². The molecule has 1 aliphatic rings. The van der Waals surface area contributed by atoms with Crippen LogP contribution in [-0.4, -0.2) is 18.4 Å². The van der Waals surface area contributed by atoms with Crippen LogP contribution in [0.1, 0.15) is 18.4 Å². The van der Waals surface area contributed by atoms with Crippen LogP contribution in [0.3, 0.4) is 0 Å². The minimum Gasteiger partial charge on any atom is -0.355 e. The highest BCUT2D eigenvalue weighted by atomic mass is 35.5. The van der Waals surface area contributed by atoms with E-state index in [9.17, 15) is 9.59 Å². The second-order valence-electron chi connectivity index (χ2n) is 6.04. The average Bonchev–Trinajstić information content (AvgIpc) is 3.38. The Kier molecular flexibility index (Phi) is 4.86. The van der Waals surface area contributed by atoms with Crippen molar-refractivity contribution in [3.63, 3.8) is 0 Å². The highest BCUT2D eigenvalue weighted by molar-refractivity contribution is 6.30. The van der Waals surface area contributed by atoms with Crippen molar-refractivity contribution in [2.45, 2.75) is 19.3 Å². The summed E-state index contributed by atoms with van der Waals surface area (Å²) >= 11 is 5.95. The van der Waals surface area contributed by atoms with Crippen LogP contribution in [0.2, 0.25) is 5.02 Å². The number of benzene rings is 2. The normalized spacial score (nSPS) is 14.7. The maximum Gasteiger partial charge on any atom is 0.240 e. The van der Waals surface area contributed by atoms with E-state index >= 15 is 0 Å². The maximum atomic E-state index is 12.4. The third-order valence-electron chi connectivity index (χ3n) is 4.24. The standard InChI is InChI=1S/C19H19ClN2O2/c20-15-6-4-5-14(13-15)9-12-21-17(23)19(10-11-19)18(24)22-16-7-2-1-3-8-16/h1-8,13H,9-12H2,(H,21,23)(H,22,24). The zero-order valence-corrected chi connectivity index (χ0v) is 14.0. The number of rotatable bonds is 6. The molecule has 1 aliphatic carbocycles. The molecule has 4 nitrogen and oxygen atoms in total. The number of nitrogens with one attached hydrogen (secondary N) is 2. The number of amides is 2. The number of hydrogen-bond donors (Lipinski definition) is 2. The van der Waals surface area contributed by atoms with E-state index in [1.54, 1.807) is 0 Å². The predicted molar refractivity (Wildman–Crippen MR) is 94.9 cm³/mol. The molecule has 24 heavy (non-hydrogen) atoms. The quantitative estimate of drug-likeness (QED) is 0.790. The number of anilines is 1. The Morgan fingerprint density at radius 3 is 2.42 bits per heavy atom. The Morgan fingerprint density at radius 2 is 1.75 bits per heavy atom. The van der Waals surface area contributed by atoms with E-state index in [2.05, 4.69) is 10.6 Å². The summed E-state index contributed by atoms with van der Waals surface area (Å²) in [6.07, 6.45) is 1.87. The average molecular weight is 343 g/mol. The lowest BCUT2D eigenvalue weighted by Crippen LogP contribution is -2.40. The molecule has 1 saturated carbocycles. The Labute approximate surface area is 146 Å². The molecule has 1 fully saturated rings. The number of para-hydroxylation sites is 1. The van der Waals surface area contributed by atoms with Gasteiger partial charge in [0.25, 0.3) is 0 Å². The second-order valence-corrected chi connectivity index (χ2v) is 6.47. The van der Waals surface area contributed by atoms with Crippen molar-refractivity contribution in [2.75, 3.05) is 11.9 Å². The third-order valence-corrected chi connectivity index (χ3v) is 4.47. The first-order valence-corrected chi connectivity index (χ1v) is 8.37. The molecule has 0 radical (unpaired) electrons. The SMILES string of the molecule is O=C(NCCc1cccc(Cl)c1)C1(C(=O)Nc2ccccc2)CC1. The van der Waals surface area contributed by atoms with Crippen LogP contribution in [0.5, 0.6) is 0 Å². The largest absolute Gasteiger partial charge is 0.355 e. The molecule has 0 bridgehead atoms. The second kappa shape index (κ2) is 7.05. The van der Waals surface area contributed by atoms with E-state index in [1.165, 1.54) is 0 Å². The summed E-state index contributed by atoms with van der Waals surface area (Å²) in [7, 11) is 0. The molecule has 124 valence electrons. The van der Waals surface area contributed by atoms with E-state index in [-0.39, 0.29) is 11.8 Å². The summed E-state index contributed by atoms with van der Waals surface area (Å²) in [5.74, 6) is -0.424. The summed E-state index contributed by atoms with van der Waals surface area (Å²) < 4.78 is 0. The first-order chi connectivity index (χ1) is 11.6. The fraction of sp³-hybridized carbons (Fsp3) is 0.263. The Bertz CT molecular complexity index is 742. The van der Waals surface area contributed by atoms with Gasteiger partial charge in [0.15, 0.2) is 0 Å². The number of hydrogen-bond acceptors (Lipinski definition) is 2. The summed E-state index contributed by atoms with van der Waals surface area (Å²) in [4.78, 5) is 24.8. The summed E-state index contributed by atoms with van der Waals surface area (Å²) in [5, 5.41) is 6.38. The summed E-state index contributed by atoms with van der Waals surface area (Å²) in [5.41, 5.74) is 0.853. The van der Waals surface area contributed by atoms with Crippen LogP contribution in [0.15, 0.2) is 54.6 Å². The third kappa shape index (κ3) is 3.77. The molecule has 2 aromatic carbocycles. The lowest BCUT2D eigenvalue weighted by atomic mass is 10.0. The van der Waals surface area contributed by atoms with Crippen molar-refractivity contribution in [3.05, 3.63) is 65.2 Å². The smallest absolute Gasteiger partial charge is 0.240 e.